The Morgan fingerprint density at radius 2 is 2.00 bits per heavy atom. The molecular formula is C20H19N3O3. The average Bonchev–Trinajstić information content (AvgIpc) is 3.01. The topological polar surface area (TPSA) is 65.4 Å². The molecule has 1 N–H and O–H groups in total. The van der Waals surface area contributed by atoms with Crippen molar-refractivity contribution in [1.29, 1.82) is 0 Å². The van der Waals surface area contributed by atoms with Gasteiger partial charge in [0.25, 0.3) is 5.91 Å². The van der Waals surface area contributed by atoms with Gasteiger partial charge in [-0.1, -0.05) is 24.3 Å². The van der Waals surface area contributed by atoms with Crippen molar-refractivity contribution in [3.8, 4) is 22.8 Å². The van der Waals surface area contributed by atoms with Crippen LogP contribution < -0.4 is 14.8 Å². The number of rotatable bonds is 4. The second-order valence-electron chi connectivity index (χ2n) is 5.97. The molecule has 0 unspecified atom stereocenters. The highest BCUT2D eigenvalue weighted by atomic mass is 16.5. The molecule has 3 aromatic rings. The number of nitrogens with zero attached hydrogens (tertiary/aromatic N) is 2. The highest BCUT2D eigenvalue weighted by Gasteiger charge is 2.28. The number of amides is 1. The van der Waals surface area contributed by atoms with Crippen LogP contribution >= 0.6 is 0 Å². The fraction of sp³-hybridized carbons (Fsp3) is 0.200. The molecule has 2 heterocycles. The lowest BCUT2D eigenvalue weighted by Gasteiger charge is -2.18. The molecule has 132 valence electrons. The largest absolute Gasteiger partial charge is 0.492 e. The van der Waals surface area contributed by atoms with Gasteiger partial charge in [0.15, 0.2) is 5.69 Å². The van der Waals surface area contributed by atoms with E-state index in [1.807, 2.05) is 62.5 Å². The Balaban J connectivity index is 1.70. The van der Waals surface area contributed by atoms with Gasteiger partial charge in [0, 0.05) is 18.2 Å². The zero-order valence-corrected chi connectivity index (χ0v) is 14.7. The fourth-order valence-electron chi connectivity index (χ4n) is 3.19. The number of anilines is 1. The van der Waals surface area contributed by atoms with Crippen molar-refractivity contribution in [3.63, 3.8) is 0 Å². The lowest BCUT2D eigenvalue weighted by atomic mass is 10.0. The molecule has 4 rings (SSSR count). The lowest BCUT2D eigenvalue weighted by Crippen LogP contribution is -2.17. The number of carbonyl (C=O) groups is 1. The molecule has 0 saturated heterocycles. The maximum Gasteiger partial charge on any atom is 0.276 e. The van der Waals surface area contributed by atoms with Crippen LogP contribution in [0.4, 0.5) is 5.69 Å². The molecule has 0 fully saturated rings. The zero-order chi connectivity index (χ0) is 18.1. The van der Waals surface area contributed by atoms with Crippen LogP contribution in [0.3, 0.4) is 0 Å². The van der Waals surface area contributed by atoms with Gasteiger partial charge < -0.3 is 14.8 Å². The van der Waals surface area contributed by atoms with E-state index in [9.17, 15) is 4.79 Å². The molecule has 1 aliphatic heterocycles. The SMILES string of the molecule is CCOc1ccccc1NC(=O)c1nn(C)c2c1COc1ccccc1-2. The van der Waals surface area contributed by atoms with Crippen molar-refractivity contribution in [2.24, 2.45) is 7.05 Å². The van der Waals surface area contributed by atoms with E-state index in [0.29, 0.717) is 30.3 Å². The summed E-state index contributed by atoms with van der Waals surface area (Å²) in [7, 11) is 1.84. The summed E-state index contributed by atoms with van der Waals surface area (Å²) in [6, 6.07) is 15.1. The molecule has 0 bridgehead atoms. The second kappa shape index (κ2) is 6.55. The van der Waals surface area contributed by atoms with Gasteiger partial charge in [0.2, 0.25) is 0 Å². The Labute approximate surface area is 151 Å². The Kier molecular flexibility index (Phi) is 4.08. The van der Waals surface area contributed by atoms with Crippen LogP contribution in [0.1, 0.15) is 23.0 Å². The van der Waals surface area contributed by atoms with Gasteiger partial charge >= 0.3 is 0 Å². The molecule has 1 aliphatic rings. The molecule has 0 atom stereocenters. The fourth-order valence-corrected chi connectivity index (χ4v) is 3.19. The van der Waals surface area contributed by atoms with Gasteiger partial charge in [-0.25, -0.2) is 0 Å². The van der Waals surface area contributed by atoms with Crippen molar-refractivity contribution in [2.45, 2.75) is 13.5 Å². The number of aromatic nitrogens is 2. The number of carbonyl (C=O) groups excluding carboxylic acids is 1. The van der Waals surface area contributed by atoms with Gasteiger partial charge in [0.1, 0.15) is 18.1 Å². The molecule has 2 aromatic carbocycles. The van der Waals surface area contributed by atoms with Crippen LogP contribution in [0.25, 0.3) is 11.3 Å². The molecule has 0 radical (unpaired) electrons. The Morgan fingerprint density at radius 3 is 2.85 bits per heavy atom. The number of hydrogen-bond acceptors (Lipinski definition) is 4. The maximum absolute atomic E-state index is 12.9. The molecule has 0 saturated carbocycles. The molecule has 26 heavy (non-hydrogen) atoms. The molecule has 0 aliphatic carbocycles. The summed E-state index contributed by atoms with van der Waals surface area (Å²) < 4.78 is 13.1. The van der Waals surface area contributed by atoms with Gasteiger partial charge in [-0.2, -0.15) is 5.10 Å². The maximum atomic E-state index is 12.9. The highest BCUT2D eigenvalue weighted by Crippen LogP contribution is 2.38. The van der Waals surface area contributed by atoms with E-state index in [1.54, 1.807) is 4.68 Å². The van der Waals surface area contributed by atoms with E-state index in [-0.39, 0.29) is 5.91 Å². The van der Waals surface area contributed by atoms with Gasteiger partial charge in [-0.05, 0) is 31.2 Å². The third kappa shape index (κ3) is 2.69. The number of fused-ring (bicyclic) bond motifs is 3. The van der Waals surface area contributed by atoms with Crippen molar-refractivity contribution in [2.75, 3.05) is 11.9 Å². The summed E-state index contributed by atoms with van der Waals surface area (Å²) in [6.45, 7) is 2.75. The first-order chi connectivity index (χ1) is 12.7. The second-order valence-corrected chi connectivity index (χ2v) is 5.97. The average molecular weight is 349 g/mol. The zero-order valence-electron chi connectivity index (χ0n) is 14.7. The number of benzene rings is 2. The third-order valence-corrected chi connectivity index (χ3v) is 4.31. The van der Waals surface area contributed by atoms with Crippen LogP contribution in [-0.4, -0.2) is 22.3 Å². The number of para-hydroxylation sites is 3. The first kappa shape index (κ1) is 16.2. The predicted octanol–water partition coefficient (Wildman–Crippen LogP) is 3.63. The predicted molar refractivity (Wildman–Crippen MR) is 98.5 cm³/mol. The summed E-state index contributed by atoms with van der Waals surface area (Å²) in [5.41, 5.74) is 3.63. The highest BCUT2D eigenvalue weighted by molar-refractivity contribution is 6.05. The minimum Gasteiger partial charge on any atom is -0.492 e. The Bertz CT molecular complexity index is 978. The number of aryl methyl sites for hydroxylation is 1. The Morgan fingerprint density at radius 1 is 1.23 bits per heavy atom. The summed E-state index contributed by atoms with van der Waals surface area (Å²) in [6.07, 6.45) is 0. The van der Waals surface area contributed by atoms with E-state index < -0.39 is 0 Å². The molecule has 6 heteroatoms. The van der Waals surface area contributed by atoms with E-state index in [1.165, 1.54) is 0 Å². The minimum atomic E-state index is -0.281. The summed E-state index contributed by atoms with van der Waals surface area (Å²) in [4.78, 5) is 12.9. The van der Waals surface area contributed by atoms with Gasteiger partial charge in [-0.15, -0.1) is 0 Å². The van der Waals surface area contributed by atoms with Crippen molar-refractivity contribution in [1.82, 2.24) is 9.78 Å². The van der Waals surface area contributed by atoms with Crippen LogP contribution in [0.5, 0.6) is 11.5 Å². The molecular weight excluding hydrogens is 330 g/mol. The molecule has 1 aromatic heterocycles. The normalized spacial score (nSPS) is 11.9. The van der Waals surface area contributed by atoms with E-state index in [0.717, 1.165) is 22.6 Å². The quantitative estimate of drug-likeness (QED) is 0.781. The summed E-state index contributed by atoms with van der Waals surface area (Å²) >= 11 is 0. The van der Waals surface area contributed by atoms with Crippen LogP contribution in [0.2, 0.25) is 0 Å². The van der Waals surface area contributed by atoms with Gasteiger partial charge in [0.05, 0.1) is 18.0 Å². The number of hydrogen-bond donors (Lipinski definition) is 1. The lowest BCUT2D eigenvalue weighted by molar-refractivity contribution is 0.101. The van der Waals surface area contributed by atoms with E-state index in [2.05, 4.69) is 10.4 Å². The van der Waals surface area contributed by atoms with Crippen LogP contribution in [-0.2, 0) is 13.7 Å². The third-order valence-electron chi connectivity index (χ3n) is 4.31. The first-order valence-electron chi connectivity index (χ1n) is 8.50. The molecule has 0 spiro atoms. The van der Waals surface area contributed by atoms with Gasteiger partial charge in [-0.3, -0.25) is 9.48 Å². The summed E-state index contributed by atoms with van der Waals surface area (Å²) in [5.74, 6) is 1.16. The smallest absolute Gasteiger partial charge is 0.276 e. The number of ether oxygens (including phenoxy) is 2. The van der Waals surface area contributed by atoms with Crippen molar-refractivity contribution < 1.29 is 14.3 Å². The van der Waals surface area contributed by atoms with E-state index >= 15 is 0 Å². The summed E-state index contributed by atoms with van der Waals surface area (Å²) in [5, 5.41) is 7.35. The Hall–Kier alpha value is -3.28. The molecule has 1 amide bonds. The number of nitrogens with one attached hydrogen (secondary N) is 1. The minimum absolute atomic E-state index is 0.281. The molecule has 6 nitrogen and oxygen atoms in total. The van der Waals surface area contributed by atoms with E-state index in [4.69, 9.17) is 9.47 Å². The van der Waals surface area contributed by atoms with Crippen LogP contribution in [0, 0.1) is 0 Å². The van der Waals surface area contributed by atoms with Crippen molar-refractivity contribution in [3.05, 3.63) is 59.8 Å². The van der Waals surface area contributed by atoms with Crippen molar-refractivity contribution >= 4 is 11.6 Å². The standard InChI is InChI=1S/C20H19N3O3/c1-3-25-17-11-7-5-9-15(17)21-20(24)18-14-12-26-16-10-6-4-8-13(16)19(14)23(2)22-18/h4-11H,3,12H2,1-2H3,(H,21,24). The van der Waals surface area contributed by atoms with Crippen LogP contribution in [0.15, 0.2) is 48.5 Å². The first-order valence-corrected chi connectivity index (χ1v) is 8.50. The monoisotopic (exact) mass is 349 g/mol.